The molecule has 0 spiro atoms. The molecule has 74 valence electrons. The van der Waals surface area contributed by atoms with Crippen LogP contribution in [-0.4, -0.2) is 31.3 Å². The van der Waals surface area contributed by atoms with Crippen LogP contribution in [0, 0.1) is 0 Å². The maximum absolute atomic E-state index is 10.9. The van der Waals surface area contributed by atoms with Crippen molar-refractivity contribution in [2.45, 2.75) is 19.8 Å². The lowest BCUT2D eigenvalue weighted by atomic mass is 10.2. The molecule has 0 aliphatic rings. The molecule has 0 rings (SSSR count). The normalized spacial score (nSPS) is 9.08. The number of hydrogen-bond donors (Lipinski definition) is 1. The van der Waals surface area contributed by atoms with Gasteiger partial charge in [-0.3, -0.25) is 14.4 Å². The fourth-order valence-electron chi connectivity index (χ4n) is 0.690. The minimum absolute atomic E-state index is 0.0491. The summed E-state index contributed by atoms with van der Waals surface area (Å²) in [5.74, 6) is -1.73. The van der Waals surface area contributed by atoms with Gasteiger partial charge in [-0.25, -0.2) is 0 Å². The Morgan fingerprint density at radius 3 is 2.31 bits per heavy atom. The molecule has 0 aromatic rings. The van der Waals surface area contributed by atoms with E-state index in [-0.39, 0.29) is 12.8 Å². The van der Waals surface area contributed by atoms with E-state index in [2.05, 4.69) is 10.1 Å². The fraction of sp³-hybridized carbons (Fsp3) is 0.625. The van der Waals surface area contributed by atoms with Crippen LogP contribution >= 0.6 is 0 Å². The Morgan fingerprint density at radius 2 is 1.85 bits per heavy atom. The predicted molar refractivity (Wildman–Crippen MR) is 44.9 cm³/mol. The molecule has 1 amide bonds. The molecule has 0 aliphatic carbocycles. The Morgan fingerprint density at radius 1 is 1.23 bits per heavy atom. The van der Waals surface area contributed by atoms with E-state index >= 15 is 0 Å². The fourth-order valence-corrected chi connectivity index (χ4v) is 0.690. The molecule has 0 radical (unpaired) electrons. The molecule has 0 unspecified atom stereocenters. The van der Waals surface area contributed by atoms with Crippen LogP contribution < -0.4 is 5.32 Å². The van der Waals surface area contributed by atoms with E-state index in [1.165, 1.54) is 7.11 Å². The first-order chi connectivity index (χ1) is 6.11. The summed E-state index contributed by atoms with van der Waals surface area (Å²) >= 11 is 0. The highest BCUT2D eigenvalue weighted by atomic mass is 16.5. The van der Waals surface area contributed by atoms with E-state index in [4.69, 9.17) is 0 Å². The standard InChI is InChI=1S/C8H13NO4/c1-3-9-8(12)6(10)4-5-7(11)13-2/h3-5H2,1-2H3,(H,9,12). The largest absolute Gasteiger partial charge is 0.469 e. The second kappa shape index (κ2) is 6.16. The molecular formula is C8H13NO4. The molecule has 1 N–H and O–H groups in total. The molecule has 0 aromatic carbocycles. The predicted octanol–water partition coefficient (Wildman–Crippen LogP) is -0.355. The Kier molecular flexibility index (Phi) is 5.50. The Bertz CT molecular complexity index is 212. The maximum Gasteiger partial charge on any atom is 0.305 e. The van der Waals surface area contributed by atoms with Crippen LogP contribution in [-0.2, 0) is 19.1 Å². The third-order valence-corrected chi connectivity index (χ3v) is 1.37. The number of rotatable bonds is 5. The summed E-state index contributed by atoms with van der Waals surface area (Å²) in [6, 6.07) is 0. The van der Waals surface area contributed by atoms with Crippen LogP contribution in [0.1, 0.15) is 19.8 Å². The van der Waals surface area contributed by atoms with E-state index in [0.717, 1.165) is 0 Å². The monoisotopic (exact) mass is 187 g/mol. The summed E-state index contributed by atoms with van der Waals surface area (Å²) < 4.78 is 4.32. The SMILES string of the molecule is CCNC(=O)C(=O)CCC(=O)OC. The van der Waals surface area contributed by atoms with Gasteiger partial charge in [0.15, 0.2) is 0 Å². The lowest BCUT2D eigenvalue weighted by molar-refractivity contribution is -0.143. The summed E-state index contributed by atoms with van der Waals surface area (Å²) in [4.78, 5) is 32.4. The van der Waals surface area contributed by atoms with E-state index in [1.54, 1.807) is 6.92 Å². The molecule has 13 heavy (non-hydrogen) atoms. The highest BCUT2D eigenvalue weighted by Crippen LogP contribution is 1.93. The van der Waals surface area contributed by atoms with Crippen LogP contribution in [0.2, 0.25) is 0 Å². The summed E-state index contributed by atoms with van der Waals surface area (Å²) in [7, 11) is 1.24. The van der Waals surface area contributed by atoms with E-state index in [1.807, 2.05) is 0 Å². The van der Waals surface area contributed by atoms with Crippen molar-refractivity contribution in [3.63, 3.8) is 0 Å². The quantitative estimate of drug-likeness (QED) is 0.471. The Hall–Kier alpha value is -1.39. The zero-order valence-electron chi connectivity index (χ0n) is 7.75. The van der Waals surface area contributed by atoms with Crippen LogP contribution in [0.4, 0.5) is 0 Å². The number of likely N-dealkylation sites (N-methyl/N-ethyl adjacent to an activating group) is 1. The number of esters is 1. The summed E-state index contributed by atoms with van der Waals surface area (Å²) in [6.45, 7) is 2.12. The number of methoxy groups -OCH3 is 1. The van der Waals surface area contributed by atoms with Gasteiger partial charge < -0.3 is 10.1 Å². The number of ketones is 1. The number of hydrogen-bond acceptors (Lipinski definition) is 4. The van der Waals surface area contributed by atoms with Gasteiger partial charge in [-0.15, -0.1) is 0 Å². The summed E-state index contributed by atoms with van der Waals surface area (Å²) in [5.41, 5.74) is 0. The van der Waals surface area contributed by atoms with Gasteiger partial charge in [0.25, 0.3) is 5.91 Å². The summed E-state index contributed by atoms with van der Waals surface area (Å²) in [5, 5.41) is 2.35. The number of amides is 1. The van der Waals surface area contributed by atoms with E-state index in [0.29, 0.717) is 6.54 Å². The molecule has 0 atom stereocenters. The Labute approximate surface area is 76.4 Å². The molecule has 0 heterocycles. The molecule has 0 bridgehead atoms. The number of carbonyl (C=O) groups excluding carboxylic acids is 3. The van der Waals surface area contributed by atoms with Crippen molar-refractivity contribution in [2.24, 2.45) is 0 Å². The zero-order valence-corrected chi connectivity index (χ0v) is 7.75. The number of ether oxygens (including phenoxy) is 1. The molecule has 0 saturated heterocycles. The second-order valence-corrected chi connectivity index (χ2v) is 2.36. The highest BCUT2D eigenvalue weighted by Gasteiger charge is 2.13. The van der Waals surface area contributed by atoms with Crippen LogP contribution in [0.5, 0.6) is 0 Å². The van der Waals surface area contributed by atoms with Crippen LogP contribution in [0.3, 0.4) is 0 Å². The number of Topliss-reactive ketones (excluding diaryl/α,β-unsaturated/α-hetero) is 1. The van der Waals surface area contributed by atoms with Gasteiger partial charge in [0.2, 0.25) is 5.78 Å². The van der Waals surface area contributed by atoms with Gasteiger partial charge in [0.05, 0.1) is 13.5 Å². The molecule has 0 aromatic heterocycles. The molecule has 0 aliphatic heterocycles. The number of carbonyl (C=O) groups is 3. The molecule has 0 fully saturated rings. The zero-order chi connectivity index (χ0) is 10.3. The first-order valence-electron chi connectivity index (χ1n) is 3.99. The number of nitrogens with one attached hydrogen (secondary N) is 1. The average molecular weight is 187 g/mol. The molecule has 5 heteroatoms. The second-order valence-electron chi connectivity index (χ2n) is 2.36. The first kappa shape index (κ1) is 11.6. The van der Waals surface area contributed by atoms with Gasteiger partial charge in [-0.05, 0) is 6.92 Å². The average Bonchev–Trinajstić information content (AvgIpc) is 2.13. The highest BCUT2D eigenvalue weighted by molar-refractivity contribution is 6.36. The van der Waals surface area contributed by atoms with Crippen molar-refractivity contribution in [3.8, 4) is 0 Å². The van der Waals surface area contributed by atoms with Crippen LogP contribution in [0.15, 0.2) is 0 Å². The van der Waals surface area contributed by atoms with Gasteiger partial charge in [-0.2, -0.15) is 0 Å². The summed E-state index contributed by atoms with van der Waals surface area (Å²) in [6.07, 6.45) is -0.148. The van der Waals surface area contributed by atoms with Gasteiger partial charge in [0, 0.05) is 13.0 Å². The minimum Gasteiger partial charge on any atom is -0.469 e. The lowest BCUT2D eigenvalue weighted by Gasteiger charge is -2.00. The lowest BCUT2D eigenvalue weighted by Crippen LogP contribution is -2.30. The van der Waals surface area contributed by atoms with Crippen LogP contribution in [0.25, 0.3) is 0 Å². The van der Waals surface area contributed by atoms with E-state index < -0.39 is 17.7 Å². The third kappa shape index (κ3) is 4.95. The van der Waals surface area contributed by atoms with Crippen molar-refractivity contribution in [1.82, 2.24) is 5.32 Å². The topological polar surface area (TPSA) is 72.5 Å². The van der Waals surface area contributed by atoms with Gasteiger partial charge in [-0.1, -0.05) is 0 Å². The first-order valence-corrected chi connectivity index (χ1v) is 3.99. The molecular weight excluding hydrogens is 174 g/mol. The smallest absolute Gasteiger partial charge is 0.305 e. The van der Waals surface area contributed by atoms with Crippen molar-refractivity contribution in [3.05, 3.63) is 0 Å². The van der Waals surface area contributed by atoms with Gasteiger partial charge >= 0.3 is 5.97 Å². The van der Waals surface area contributed by atoms with E-state index in [9.17, 15) is 14.4 Å². The van der Waals surface area contributed by atoms with Crippen molar-refractivity contribution >= 4 is 17.7 Å². The minimum atomic E-state index is -0.647. The van der Waals surface area contributed by atoms with Gasteiger partial charge in [0.1, 0.15) is 0 Å². The molecule has 5 nitrogen and oxygen atoms in total. The van der Waals surface area contributed by atoms with Crippen molar-refractivity contribution < 1.29 is 19.1 Å². The van der Waals surface area contributed by atoms with Crippen molar-refractivity contribution in [1.29, 1.82) is 0 Å². The maximum atomic E-state index is 10.9. The van der Waals surface area contributed by atoms with Crippen molar-refractivity contribution in [2.75, 3.05) is 13.7 Å². The molecule has 0 saturated carbocycles. The Balaban J connectivity index is 3.74. The third-order valence-electron chi connectivity index (χ3n) is 1.37.